The van der Waals surface area contributed by atoms with E-state index in [9.17, 15) is 21.6 Å². The first kappa shape index (κ1) is 17.7. The van der Waals surface area contributed by atoms with Gasteiger partial charge in [0, 0.05) is 24.7 Å². The molecule has 0 unspecified atom stereocenters. The second kappa shape index (κ2) is 6.01. The van der Waals surface area contributed by atoms with Gasteiger partial charge in [0.15, 0.2) is 9.84 Å². The van der Waals surface area contributed by atoms with Gasteiger partial charge in [-0.05, 0) is 30.9 Å². The van der Waals surface area contributed by atoms with Crippen LogP contribution in [0.4, 0.5) is 13.2 Å². The Morgan fingerprint density at radius 2 is 2.08 bits per heavy atom. The lowest BCUT2D eigenvalue weighted by Crippen LogP contribution is -2.50. The summed E-state index contributed by atoms with van der Waals surface area (Å²) in [6.45, 7) is 3.53. The Bertz CT molecular complexity index is 687. The summed E-state index contributed by atoms with van der Waals surface area (Å²) in [4.78, 5) is 2.28. The van der Waals surface area contributed by atoms with Crippen LogP contribution in [0.15, 0.2) is 12.4 Å². The fourth-order valence-electron chi connectivity index (χ4n) is 4.00. The van der Waals surface area contributed by atoms with E-state index >= 15 is 0 Å². The zero-order valence-electron chi connectivity index (χ0n) is 13.6. The van der Waals surface area contributed by atoms with Crippen molar-refractivity contribution in [2.45, 2.75) is 32.5 Å². The molecule has 9 heteroatoms. The van der Waals surface area contributed by atoms with Crippen LogP contribution in [0.2, 0.25) is 0 Å². The molecule has 1 aromatic rings. The summed E-state index contributed by atoms with van der Waals surface area (Å²) < 4.78 is 60.8. The van der Waals surface area contributed by atoms with Crippen LogP contribution in [0.1, 0.15) is 18.9 Å². The fraction of sp³-hybridized carbons (Fsp3) is 0.800. The first-order chi connectivity index (χ1) is 11.0. The molecule has 2 fully saturated rings. The first-order valence-electron chi connectivity index (χ1n) is 8.05. The number of alkyl halides is 3. The number of rotatable bonds is 5. The molecule has 1 aromatic heterocycles. The van der Waals surface area contributed by atoms with Gasteiger partial charge in [-0.3, -0.25) is 4.68 Å². The molecule has 0 N–H and O–H groups in total. The average molecular weight is 365 g/mol. The fourth-order valence-corrected chi connectivity index (χ4v) is 6.25. The summed E-state index contributed by atoms with van der Waals surface area (Å²) in [5.74, 6) is 0.879. The second-order valence-corrected chi connectivity index (χ2v) is 9.55. The molecule has 0 bridgehead atoms. The number of hydrogen-bond acceptors (Lipinski definition) is 4. The van der Waals surface area contributed by atoms with Crippen molar-refractivity contribution in [3.63, 3.8) is 0 Å². The van der Waals surface area contributed by atoms with Gasteiger partial charge in [0.25, 0.3) is 0 Å². The molecule has 2 aliphatic rings. The van der Waals surface area contributed by atoms with Crippen LogP contribution < -0.4 is 0 Å². The van der Waals surface area contributed by atoms with Gasteiger partial charge in [-0.1, -0.05) is 6.92 Å². The monoisotopic (exact) mass is 365 g/mol. The maximum absolute atomic E-state index is 12.3. The Labute approximate surface area is 139 Å². The predicted octanol–water partition coefficient (Wildman–Crippen LogP) is 1.74. The molecule has 0 radical (unpaired) electrons. The largest absolute Gasteiger partial charge is 0.408 e. The highest BCUT2D eigenvalue weighted by Crippen LogP contribution is 2.41. The Morgan fingerprint density at radius 1 is 1.38 bits per heavy atom. The highest BCUT2D eigenvalue weighted by atomic mass is 32.2. The maximum Gasteiger partial charge on any atom is 0.408 e. The molecule has 2 saturated heterocycles. The Balaban J connectivity index is 1.47. The van der Waals surface area contributed by atoms with Crippen LogP contribution in [0.25, 0.3) is 0 Å². The van der Waals surface area contributed by atoms with Crippen LogP contribution >= 0.6 is 0 Å². The van der Waals surface area contributed by atoms with Crippen LogP contribution in [0.5, 0.6) is 0 Å². The third-order valence-corrected chi connectivity index (χ3v) is 6.86. The lowest BCUT2D eigenvalue weighted by Gasteiger charge is -2.37. The molecule has 1 atom stereocenters. The van der Waals surface area contributed by atoms with E-state index in [2.05, 4.69) is 16.9 Å². The van der Waals surface area contributed by atoms with E-state index in [1.807, 2.05) is 0 Å². The topological polar surface area (TPSA) is 55.2 Å². The van der Waals surface area contributed by atoms with Crippen molar-refractivity contribution in [2.24, 2.45) is 11.3 Å². The highest BCUT2D eigenvalue weighted by Gasteiger charge is 2.51. The highest BCUT2D eigenvalue weighted by molar-refractivity contribution is 7.92. The molecule has 5 nitrogen and oxygen atoms in total. The number of hydrogen-bond donors (Lipinski definition) is 0. The minimum Gasteiger partial charge on any atom is -0.302 e. The normalized spacial score (nSPS) is 24.2. The van der Waals surface area contributed by atoms with E-state index in [-0.39, 0.29) is 11.3 Å². The molecule has 0 aromatic carbocycles. The number of aromatic nitrogens is 2. The maximum atomic E-state index is 12.3. The summed E-state index contributed by atoms with van der Waals surface area (Å²) in [7, 11) is -2.82. The molecule has 0 aliphatic carbocycles. The molecule has 0 amide bonds. The van der Waals surface area contributed by atoms with Gasteiger partial charge < -0.3 is 4.90 Å². The third kappa shape index (κ3) is 4.30. The molecule has 2 aliphatic heterocycles. The minimum absolute atomic E-state index is 0.0455. The van der Waals surface area contributed by atoms with Crippen molar-refractivity contribution in [2.75, 3.05) is 31.1 Å². The van der Waals surface area contributed by atoms with Gasteiger partial charge in [0.05, 0.1) is 17.7 Å². The molecule has 3 heterocycles. The second-order valence-electron chi connectivity index (χ2n) is 7.49. The molecule has 0 saturated carbocycles. The quantitative estimate of drug-likeness (QED) is 0.798. The van der Waals surface area contributed by atoms with Gasteiger partial charge >= 0.3 is 6.18 Å². The molecule has 24 heavy (non-hydrogen) atoms. The van der Waals surface area contributed by atoms with E-state index in [0.717, 1.165) is 36.3 Å². The van der Waals surface area contributed by atoms with Gasteiger partial charge in [0.2, 0.25) is 0 Å². The number of sulfone groups is 1. The summed E-state index contributed by atoms with van der Waals surface area (Å²) in [5, 5.41) is 3.76. The summed E-state index contributed by atoms with van der Waals surface area (Å²) in [5.41, 5.74) is 0.753. The zero-order valence-corrected chi connectivity index (χ0v) is 14.4. The van der Waals surface area contributed by atoms with Crippen molar-refractivity contribution < 1.29 is 21.6 Å². The van der Waals surface area contributed by atoms with Crippen LogP contribution in [0.3, 0.4) is 0 Å². The van der Waals surface area contributed by atoms with E-state index in [4.69, 9.17) is 0 Å². The zero-order chi connectivity index (χ0) is 17.6. The first-order valence-corrected chi connectivity index (χ1v) is 9.87. The van der Waals surface area contributed by atoms with Gasteiger partial charge in [-0.25, -0.2) is 8.42 Å². The van der Waals surface area contributed by atoms with Crippen LogP contribution in [-0.4, -0.2) is 60.4 Å². The SMILES string of the molecule is C[C@H](Cc1cnn(CC(F)(F)F)c1)CN1CCC2(C1)CS(=O)(=O)C2. The molecule has 1 spiro atoms. The number of halogens is 3. The van der Waals surface area contributed by atoms with E-state index in [0.29, 0.717) is 17.9 Å². The lowest BCUT2D eigenvalue weighted by atomic mass is 9.91. The van der Waals surface area contributed by atoms with Gasteiger partial charge in [-0.15, -0.1) is 0 Å². The van der Waals surface area contributed by atoms with Crippen molar-refractivity contribution in [1.82, 2.24) is 14.7 Å². The Kier molecular flexibility index (Phi) is 4.44. The van der Waals surface area contributed by atoms with E-state index < -0.39 is 22.6 Å². The summed E-state index contributed by atoms with van der Waals surface area (Å²) in [6, 6.07) is 0. The standard InChI is InChI=1S/C15H22F3N3O2S/c1-12(4-13-5-19-21(7-13)9-15(16,17)18)6-20-3-2-14(8-20)10-24(22,23)11-14/h5,7,12H,2-4,6,8-11H2,1H3/t12-/m1/s1. The van der Waals surface area contributed by atoms with E-state index in [1.54, 1.807) is 0 Å². The van der Waals surface area contributed by atoms with Gasteiger partial charge in [0.1, 0.15) is 6.54 Å². The molecular weight excluding hydrogens is 343 g/mol. The number of nitrogens with zero attached hydrogens (tertiary/aromatic N) is 3. The van der Waals surface area contributed by atoms with Crippen molar-refractivity contribution in [1.29, 1.82) is 0 Å². The molecule has 136 valence electrons. The molecular formula is C15H22F3N3O2S. The predicted molar refractivity (Wildman–Crippen MR) is 83.3 cm³/mol. The Morgan fingerprint density at radius 3 is 2.71 bits per heavy atom. The lowest BCUT2D eigenvalue weighted by molar-refractivity contribution is -0.142. The van der Waals surface area contributed by atoms with E-state index in [1.165, 1.54) is 12.4 Å². The van der Waals surface area contributed by atoms with Crippen LogP contribution in [-0.2, 0) is 22.8 Å². The van der Waals surface area contributed by atoms with Crippen molar-refractivity contribution in [3.8, 4) is 0 Å². The van der Waals surface area contributed by atoms with Crippen molar-refractivity contribution >= 4 is 9.84 Å². The van der Waals surface area contributed by atoms with Crippen LogP contribution in [0, 0.1) is 11.3 Å². The minimum atomic E-state index is -4.26. The van der Waals surface area contributed by atoms with Crippen molar-refractivity contribution in [3.05, 3.63) is 18.0 Å². The smallest absolute Gasteiger partial charge is 0.302 e. The summed E-state index contributed by atoms with van der Waals surface area (Å²) >= 11 is 0. The van der Waals surface area contributed by atoms with Gasteiger partial charge in [-0.2, -0.15) is 18.3 Å². The molecule has 3 rings (SSSR count). The average Bonchev–Trinajstić information content (AvgIpc) is 2.93. The third-order valence-electron chi connectivity index (χ3n) is 4.75. The summed E-state index contributed by atoms with van der Waals surface area (Å²) in [6.07, 6.45) is 0.268. The number of likely N-dealkylation sites (tertiary alicyclic amines) is 1. The Hall–Kier alpha value is -1.09.